The monoisotopic (exact) mass is 275 g/mol. The highest BCUT2D eigenvalue weighted by atomic mass is 32.2. The Morgan fingerprint density at radius 3 is 2.79 bits per heavy atom. The molecule has 0 saturated heterocycles. The summed E-state index contributed by atoms with van der Waals surface area (Å²) in [7, 11) is 0. The maximum atomic E-state index is 6.52. The third kappa shape index (κ3) is 2.15. The highest BCUT2D eigenvalue weighted by Crippen LogP contribution is 2.36. The zero-order valence-electron chi connectivity index (χ0n) is 11.1. The first-order valence-corrected chi connectivity index (χ1v) is 7.19. The summed E-state index contributed by atoms with van der Waals surface area (Å²) in [6.45, 7) is 4.24. The molecule has 3 rings (SSSR count). The van der Waals surface area contributed by atoms with E-state index in [9.17, 15) is 0 Å². The summed E-state index contributed by atoms with van der Waals surface area (Å²) < 4.78 is 0. The largest absolute Gasteiger partial charge is 0.383 e. The van der Waals surface area contributed by atoms with Gasteiger partial charge in [0.25, 0.3) is 0 Å². The lowest BCUT2D eigenvalue weighted by molar-refractivity contribution is 0.594. The Labute approximate surface area is 116 Å². The van der Waals surface area contributed by atoms with Gasteiger partial charge in [0, 0.05) is 17.7 Å². The maximum absolute atomic E-state index is 6.52. The second-order valence-corrected chi connectivity index (χ2v) is 6.66. The first-order valence-electron chi connectivity index (χ1n) is 6.20. The average molecular weight is 275 g/mol. The fourth-order valence-corrected chi connectivity index (χ4v) is 3.59. The van der Waals surface area contributed by atoms with Crippen LogP contribution in [0.3, 0.4) is 0 Å². The Bertz CT molecular complexity index is 593. The standard InChI is InChI=1S/C13H17N5S/c1-12(2)6-19-11(18-12)13(15)4-3-9-8(5-13)10(14)17-7-16-9/h3-4,7H,5-6,15H2,1-2H3,(H2,14,16,17). The molecule has 0 aromatic carbocycles. The molecule has 1 atom stereocenters. The van der Waals surface area contributed by atoms with Crippen molar-refractivity contribution in [1.29, 1.82) is 0 Å². The number of anilines is 1. The van der Waals surface area contributed by atoms with Gasteiger partial charge in [-0.1, -0.05) is 6.08 Å². The van der Waals surface area contributed by atoms with E-state index in [2.05, 4.69) is 23.8 Å². The van der Waals surface area contributed by atoms with Crippen LogP contribution in [0.1, 0.15) is 25.1 Å². The molecule has 0 radical (unpaired) electrons. The zero-order valence-corrected chi connectivity index (χ0v) is 11.9. The summed E-state index contributed by atoms with van der Waals surface area (Å²) >= 11 is 1.73. The Balaban J connectivity index is 2.00. The molecular formula is C13H17N5S. The van der Waals surface area contributed by atoms with Crippen molar-refractivity contribution in [3.8, 4) is 0 Å². The summed E-state index contributed by atoms with van der Waals surface area (Å²) in [6, 6.07) is 0. The second kappa shape index (κ2) is 4.05. The molecule has 5 nitrogen and oxygen atoms in total. The van der Waals surface area contributed by atoms with Crippen molar-refractivity contribution in [3.05, 3.63) is 23.7 Å². The fraction of sp³-hybridized carbons (Fsp3) is 0.462. The Hall–Kier alpha value is -1.40. The predicted molar refractivity (Wildman–Crippen MR) is 80.1 cm³/mol. The van der Waals surface area contributed by atoms with Gasteiger partial charge in [-0.2, -0.15) is 0 Å². The molecule has 1 aromatic heterocycles. The van der Waals surface area contributed by atoms with Gasteiger partial charge in [0.1, 0.15) is 12.1 Å². The van der Waals surface area contributed by atoms with Gasteiger partial charge in [-0.3, -0.25) is 4.99 Å². The van der Waals surface area contributed by atoms with E-state index in [1.54, 1.807) is 11.8 Å². The number of aromatic nitrogens is 2. The second-order valence-electron chi connectivity index (χ2n) is 5.69. The van der Waals surface area contributed by atoms with E-state index in [1.807, 2.05) is 12.2 Å². The molecule has 2 aliphatic rings. The summed E-state index contributed by atoms with van der Waals surface area (Å²) in [4.78, 5) is 13.0. The third-order valence-corrected chi connectivity index (χ3v) is 4.98. The summed E-state index contributed by atoms with van der Waals surface area (Å²) in [5.41, 5.74) is 13.6. The maximum Gasteiger partial charge on any atom is 0.130 e. The minimum Gasteiger partial charge on any atom is -0.383 e. The van der Waals surface area contributed by atoms with E-state index in [-0.39, 0.29) is 5.54 Å². The number of nitrogens with zero attached hydrogens (tertiary/aromatic N) is 3. The lowest BCUT2D eigenvalue weighted by Gasteiger charge is -2.29. The van der Waals surface area contributed by atoms with Crippen LogP contribution in [-0.4, -0.2) is 31.8 Å². The van der Waals surface area contributed by atoms with Gasteiger partial charge in [-0.25, -0.2) is 9.97 Å². The molecule has 0 fully saturated rings. The smallest absolute Gasteiger partial charge is 0.130 e. The fourth-order valence-electron chi connectivity index (χ4n) is 2.31. The lowest BCUT2D eigenvalue weighted by Crippen LogP contribution is -2.48. The van der Waals surface area contributed by atoms with E-state index in [0.717, 1.165) is 22.1 Å². The highest BCUT2D eigenvalue weighted by Gasteiger charge is 2.39. The number of nitrogens with two attached hydrogens (primary N) is 2. The number of rotatable bonds is 1. The number of hydrogen-bond acceptors (Lipinski definition) is 6. The minimum atomic E-state index is -0.579. The van der Waals surface area contributed by atoms with E-state index in [1.165, 1.54) is 6.33 Å². The quantitative estimate of drug-likeness (QED) is 0.805. The number of nitrogen functional groups attached to an aromatic ring is 1. The molecule has 0 bridgehead atoms. The van der Waals surface area contributed by atoms with Crippen molar-refractivity contribution in [3.63, 3.8) is 0 Å². The first-order chi connectivity index (χ1) is 8.90. The number of fused-ring (bicyclic) bond motifs is 1. The Morgan fingerprint density at radius 2 is 2.11 bits per heavy atom. The Kier molecular flexibility index (Phi) is 2.69. The van der Waals surface area contributed by atoms with Crippen LogP contribution in [-0.2, 0) is 6.42 Å². The molecule has 1 aliphatic heterocycles. The third-order valence-electron chi connectivity index (χ3n) is 3.38. The van der Waals surface area contributed by atoms with Crippen LogP contribution in [0.4, 0.5) is 5.82 Å². The topological polar surface area (TPSA) is 90.2 Å². The molecule has 1 aliphatic carbocycles. The van der Waals surface area contributed by atoms with Crippen LogP contribution in [0.2, 0.25) is 0 Å². The van der Waals surface area contributed by atoms with E-state index >= 15 is 0 Å². The van der Waals surface area contributed by atoms with E-state index in [0.29, 0.717) is 12.2 Å². The molecule has 0 amide bonds. The first kappa shape index (κ1) is 12.6. The molecule has 100 valence electrons. The molecule has 0 saturated carbocycles. The van der Waals surface area contributed by atoms with Gasteiger partial charge in [-0.05, 0) is 19.9 Å². The van der Waals surface area contributed by atoms with Gasteiger partial charge in [0.2, 0.25) is 0 Å². The Morgan fingerprint density at radius 1 is 1.32 bits per heavy atom. The zero-order chi connectivity index (χ0) is 13.7. The summed E-state index contributed by atoms with van der Waals surface area (Å²) in [6.07, 6.45) is 5.99. The normalized spacial score (nSPS) is 28.1. The van der Waals surface area contributed by atoms with Gasteiger partial charge in [-0.15, -0.1) is 11.8 Å². The molecule has 0 spiro atoms. The van der Waals surface area contributed by atoms with Crippen LogP contribution in [0.25, 0.3) is 6.08 Å². The van der Waals surface area contributed by atoms with Gasteiger partial charge in [0.15, 0.2) is 0 Å². The average Bonchev–Trinajstić information content (AvgIpc) is 2.72. The van der Waals surface area contributed by atoms with Crippen molar-refractivity contribution < 1.29 is 0 Å². The van der Waals surface area contributed by atoms with Crippen molar-refractivity contribution >= 4 is 28.7 Å². The molecule has 1 aromatic rings. The minimum absolute atomic E-state index is 0.0424. The molecule has 6 heteroatoms. The molecule has 19 heavy (non-hydrogen) atoms. The molecule has 1 unspecified atom stereocenters. The van der Waals surface area contributed by atoms with Gasteiger partial charge in [0.05, 0.1) is 21.8 Å². The van der Waals surface area contributed by atoms with Crippen molar-refractivity contribution in [1.82, 2.24) is 9.97 Å². The summed E-state index contributed by atoms with van der Waals surface area (Å²) in [5.74, 6) is 1.47. The lowest BCUT2D eigenvalue weighted by atomic mass is 9.86. The van der Waals surface area contributed by atoms with Crippen molar-refractivity contribution in [2.24, 2.45) is 10.7 Å². The van der Waals surface area contributed by atoms with E-state index < -0.39 is 5.54 Å². The van der Waals surface area contributed by atoms with Crippen LogP contribution in [0.5, 0.6) is 0 Å². The molecule has 2 heterocycles. The predicted octanol–water partition coefficient (Wildman–Crippen LogP) is 1.25. The van der Waals surface area contributed by atoms with Crippen LogP contribution >= 0.6 is 11.8 Å². The molecular weight excluding hydrogens is 258 g/mol. The van der Waals surface area contributed by atoms with Gasteiger partial charge >= 0.3 is 0 Å². The van der Waals surface area contributed by atoms with Crippen LogP contribution < -0.4 is 11.5 Å². The van der Waals surface area contributed by atoms with Crippen LogP contribution in [0.15, 0.2) is 17.4 Å². The van der Waals surface area contributed by atoms with E-state index in [4.69, 9.17) is 16.5 Å². The number of aliphatic imine (C=N–C) groups is 1. The van der Waals surface area contributed by atoms with Crippen LogP contribution in [0, 0.1) is 0 Å². The molecule has 4 N–H and O–H groups in total. The number of thioether (sulfide) groups is 1. The highest BCUT2D eigenvalue weighted by molar-refractivity contribution is 8.14. The summed E-state index contributed by atoms with van der Waals surface area (Å²) in [5, 5.41) is 0.975. The number of hydrogen-bond donors (Lipinski definition) is 2. The van der Waals surface area contributed by atoms with Crippen molar-refractivity contribution in [2.75, 3.05) is 11.5 Å². The van der Waals surface area contributed by atoms with Gasteiger partial charge < -0.3 is 11.5 Å². The van der Waals surface area contributed by atoms with Crippen molar-refractivity contribution in [2.45, 2.75) is 31.3 Å². The SMILES string of the molecule is CC1(C)CSC(C2(N)C=Cc3ncnc(N)c3C2)=N1.